The summed E-state index contributed by atoms with van der Waals surface area (Å²) >= 11 is 1.67. The molecular formula is C12H22ClN3O2S. The molecule has 110 valence electrons. The van der Waals surface area contributed by atoms with Crippen LogP contribution in [0.15, 0.2) is 0 Å². The number of nitrogens with zero attached hydrogens (tertiary/aromatic N) is 2. The molecule has 2 heterocycles. The van der Waals surface area contributed by atoms with E-state index >= 15 is 0 Å². The van der Waals surface area contributed by atoms with Crippen molar-refractivity contribution in [2.45, 2.75) is 32.4 Å². The first-order chi connectivity index (χ1) is 8.63. The summed E-state index contributed by atoms with van der Waals surface area (Å²) in [5.41, 5.74) is 0. The van der Waals surface area contributed by atoms with Crippen molar-refractivity contribution in [2.24, 2.45) is 0 Å². The number of carbonyl (C=O) groups excluding carboxylic acids is 2. The van der Waals surface area contributed by atoms with Crippen molar-refractivity contribution in [1.29, 1.82) is 0 Å². The lowest BCUT2D eigenvalue weighted by Gasteiger charge is -2.35. The third kappa shape index (κ3) is 3.77. The summed E-state index contributed by atoms with van der Waals surface area (Å²) in [5, 5.41) is 3.32. The Hall–Kier alpha value is -0.460. The number of hydrogen-bond donors (Lipinski definition) is 1. The van der Waals surface area contributed by atoms with E-state index in [1.165, 1.54) is 0 Å². The van der Waals surface area contributed by atoms with Crippen LogP contribution >= 0.6 is 24.2 Å². The van der Waals surface area contributed by atoms with Gasteiger partial charge < -0.3 is 15.1 Å². The minimum Gasteiger partial charge on any atom is -0.338 e. The molecule has 19 heavy (non-hydrogen) atoms. The van der Waals surface area contributed by atoms with Crippen LogP contribution in [0, 0.1) is 0 Å². The monoisotopic (exact) mass is 307 g/mol. The zero-order valence-corrected chi connectivity index (χ0v) is 13.1. The van der Waals surface area contributed by atoms with Gasteiger partial charge in [-0.05, 0) is 6.92 Å². The molecule has 0 aromatic rings. The minimum absolute atomic E-state index is 0. The molecule has 0 aromatic carbocycles. The predicted molar refractivity (Wildman–Crippen MR) is 79.5 cm³/mol. The second kappa shape index (κ2) is 7.36. The van der Waals surface area contributed by atoms with Crippen LogP contribution in [0.4, 0.5) is 0 Å². The lowest BCUT2D eigenvalue weighted by molar-refractivity contribution is -0.143. The second-order valence-electron chi connectivity index (χ2n) is 4.87. The number of halogens is 1. The van der Waals surface area contributed by atoms with Crippen LogP contribution in [-0.2, 0) is 9.59 Å². The van der Waals surface area contributed by atoms with E-state index in [0.717, 1.165) is 25.4 Å². The highest BCUT2D eigenvalue weighted by molar-refractivity contribution is 7.99. The van der Waals surface area contributed by atoms with Crippen molar-refractivity contribution in [2.75, 3.05) is 31.3 Å². The van der Waals surface area contributed by atoms with E-state index in [-0.39, 0.29) is 30.3 Å². The van der Waals surface area contributed by atoms with Crippen LogP contribution in [0.25, 0.3) is 0 Å². The van der Waals surface area contributed by atoms with Gasteiger partial charge in [0.1, 0.15) is 6.04 Å². The predicted octanol–water partition coefficient (Wildman–Crippen LogP) is 0.540. The maximum Gasteiger partial charge on any atom is 0.246 e. The van der Waals surface area contributed by atoms with Crippen LogP contribution in [0.5, 0.6) is 0 Å². The van der Waals surface area contributed by atoms with E-state index in [1.54, 1.807) is 16.7 Å². The third-order valence-corrected chi connectivity index (χ3v) is 4.48. The number of thioether (sulfide) groups is 1. The number of nitrogens with one attached hydrogen (secondary N) is 1. The Morgan fingerprint density at radius 1 is 1.42 bits per heavy atom. The van der Waals surface area contributed by atoms with Gasteiger partial charge in [0.25, 0.3) is 0 Å². The van der Waals surface area contributed by atoms with E-state index < -0.39 is 0 Å². The molecule has 1 N–H and O–H groups in total. The van der Waals surface area contributed by atoms with Gasteiger partial charge in [0.05, 0.1) is 5.88 Å². The molecule has 2 unspecified atom stereocenters. The standard InChI is InChI=1S/C12H21N3O2S.ClH/c1-3-11(16)15-8-18-7-10(15)12(17)14-5-4-13-9(2)6-14;/h9-10,13H,3-8H2,1-2H3;1H. The largest absolute Gasteiger partial charge is 0.338 e. The summed E-state index contributed by atoms with van der Waals surface area (Å²) < 4.78 is 0. The van der Waals surface area contributed by atoms with Gasteiger partial charge in [-0.25, -0.2) is 0 Å². The summed E-state index contributed by atoms with van der Waals surface area (Å²) in [6.45, 7) is 6.26. The fourth-order valence-electron chi connectivity index (χ4n) is 2.44. The summed E-state index contributed by atoms with van der Waals surface area (Å²) in [6, 6.07) is 0.0971. The van der Waals surface area contributed by atoms with E-state index in [1.807, 2.05) is 11.8 Å². The van der Waals surface area contributed by atoms with E-state index in [0.29, 0.717) is 18.3 Å². The van der Waals surface area contributed by atoms with Gasteiger partial charge in [-0.2, -0.15) is 0 Å². The zero-order valence-electron chi connectivity index (χ0n) is 11.4. The van der Waals surface area contributed by atoms with Crippen LogP contribution < -0.4 is 5.32 Å². The first-order valence-electron chi connectivity index (χ1n) is 6.53. The van der Waals surface area contributed by atoms with Crippen molar-refractivity contribution in [3.63, 3.8) is 0 Å². The molecule has 0 saturated carbocycles. The van der Waals surface area contributed by atoms with Crippen LogP contribution in [-0.4, -0.2) is 65.0 Å². The summed E-state index contributed by atoms with van der Waals surface area (Å²) in [5.74, 6) is 1.60. The molecule has 0 spiro atoms. The zero-order chi connectivity index (χ0) is 13.1. The average Bonchev–Trinajstić information content (AvgIpc) is 2.86. The fraction of sp³-hybridized carbons (Fsp3) is 0.833. The molecule has 0 aromatic heterocycles. The Morgan fingerprint density at radius 2 is 2.16 bits per heavy atom. The molecular weight excluding hydrogens is 286 g/mol. The van der Waals surface area contributed by atoms with E-state index in [4.69, 9.17) is 0 Å². The molecule has 0 radical (unpaired) electrons. The Balaban J connectivity index is 0.00000180. The molecule has 2 rings (SSSR count). The van der Waals surface area contributed by atoms with Crippen LogP contribution in [0.1, 0.15) is 20.3 Å². The van der Waals surface area contributed by atoms with Crippen molar-refractivity contribution in [1.82, 2.24) is 15.1 Å². The van der Waals surface area contributed by atoms with Gasteiger partial charge in [0.2, 0.25) is 11.8 Å². The average molecular weight is 308 g/mol. The molecule has 0 bridgehead atoms. The van der Waals surface area contributed by atoms with Gasteiger partial charge in [0.15, 0.2) is 0 Å². The SMILES string of the molecule is CCC(=O)N1CSCC1C(=O)N1CCNC(C)C1.Cl. The van der Waals surface area contributed by atoms with Gasteiger partial charge in [-0.3, -0.25) is 9.59 Å². The highest BCUT2D eigenvalue weighted by atomic mass is 35.5. The fourth-order valence-corrected chi connectivity index (χ4v) is 3.61. The van der Waals surface area contributed by atoms with E-state index in [9.17, 15) is 9.59 Å². The van der Waals surface area contributed by atoms with Gasteiger partial charge in [0, 0.05) is 37.8 Å². The first kappa shape index (κ1) is 16.6. The van der Waals surface area contributed by atoms with Crippen molar-refractivity contribution in [3.8, 4) is 0 Å². The molecule has 5 nitrogen and oxygen atoms in total. The number of amides is 2. The van der Waals surface area contributed by atoms with Crippen molar-refractivity contribution >= 4 is 36.0 Å². The highest BCUT2D eigenvalue weighted by Gasteiger charge is 2.37. The number of carbonyl (C=O) groups is 2. The minimum atomic E-state index is -0.243. The van der Waals surface area contributed by atoms with Crippen molar-refractivity contribution < 1.29 is 9.59 Å². The van der Waals surface area contributed by atoms with Gasteiger partial charge in [-0.15, -0.1) is 24.2 Å². The van der Waals surface area contributed by atoms with E-state index in [2.05, 4.69) is 12.2 Å². The maximum absolute atomic E-state index is 12.5. The number of rotatable bonds is 2. The van der Waals surface area contributed by atoms with Gasteiger partial charge >= 0.3 is 0 Å². The molecule has 7 heteroatoms. The normalized spacial score (nSPS) is 27.1. The molecule has 2 saturated heterocycles. The number of piperazine rings is 1. The molecule has 2 atom stereocenters. The highest BCUT2D eigenvalue weighted by Crippen LogP contribution is 2.23. The molecule has 2 aliphatic heterocycles. The summed E-state index contributed by atoms with van der Waals surface area (Å²) in [4.78, 5) is 27.9. The third-order valence-electron chi connectivity index (χ3n) is 3.47. The molecule has 2 aliphatic rings. The molecule has 0 aliphatic carbocycles. The summed E-state index contributed by atoms with van der Waals surface area (Å²) in [7, 11) is 0. The lowest BCUT2D eigenvalue weighted by atomic mass is 10.2. The maximum atomic E-state index is 12.5. The number of hydrogen-bond acceptors (Lipinski definition) is 4. The quantitative estimate of drug-likeness (QED) is 0.809. The second-order valence-corrected chi connectivity index (χ2v) is 5.87. The van der Waals surface area contributed by atoms with Crippen LogP contribution in [0.3, 0.4) is 0 Å². The first-order valence-corrected chi connectivity index (χ1v) is 7.68. The summed E-state index contributed by atoms with van der Waals surface area (Å²) in [6.07, 6.45) is 0.475. The van der Waals surface area contributed by atoms with Crippen molar-refractivity contribution in [3.05, 3.63) is 0 Å². The molecule has 2 fully saturated rings. The topological polar surface area (TPSA) is 52.7 Å². The Kier molecular flexibility index (Phi) is 6.42. The lowest BCUT2D eigenvalue weighted by Crippen LogP contribution is -2.56. The Morgan fingerprint density at radius 3 is 2.79 bits per heavy atom. The Bertz CT molecular complexity index is 343. The smallest absolute Gasteiger partial charge is 0.246 e. The van der Waals surface area contributed by atoms with Crippen LogP contribution in [0.2, 0.25) is 0 Å². The van der Waals surface area contributed by atoms with Gasteiger partial charge in [-0.1, -0.05) is 6.92 Å². The molecule has 2 amide bonds. The Labute approximate surface area is 124 Å².